The average Bonchev–Trinajstić information content (AvgIpc) is 2.80. The Bertz CT molecular complexity index is 1230. The van der Waals surface area contributed by atoms with Crippen molar-refractivity contribution in [3.05, 3.63) is 82.9 Å². The molecule has 0 amide bonds. The summed E-state index contributed by atoms with van der Waals surface area (Å²) in [7, 11) is 3.13. The molecule has 0 fully saturated rings. The molecule has 31 heavy (non-hydrogen) atoms. The first-order valence-corrected chi connectivity index (χ1v) is 9.48. The minimum Gasteiger partial charge on any atom is -0.497 e. The molecule has 0 aliphatic heterocycles. The molecule has 1 aromatic heterocycles. The highest BCUT2D eigenvalue weighted by Gasteiger charge is 2.26. The van der Waals surface area contributed by atoms with Crippen molar-refractivity contribution in [2.75, 3.05) is 24.9 Å². The van der Waals surface area contributed by atoms with E-state index in [1.165, 1.54) is 0 Å². The highest BCUT2D eigenvalue weighted by molar-refractivity contribution is 6.02. The molecule has 4 rings (SSSR count). The molecule has 4 aromatic rings. The summed E-state index contributed by atoms with van der Waals surface area (Å²) < 4.78 is 10.5. The van der Waals surface area contributed by atoms with Gasteiger partial charge in [-0.2, -0.15) is 0 Å². The third-order valence-corrected chi connectivity index (χ3v) is 4.74. The zero-order valence-electron chi connectivity index (χ0n) is 17.0. The second kappa shape index (κ2) is 8.58. The summed E-state index contributed by atoms with van der Waals surface area (Å²) in [6.45, 7) is 0. The molecule has 3 aromatic carbocycles. The Kier molecular flexibility index (Phi) is 5.53. The van der Waals surface area contributed by atoms with Gasteiger partial charge in [0.1, 0.15) is 17.2 Å². The van der Waals surface area contributed by atoms with Gasteiger partial charge in [0.2, 0.25) is 5.82 Å². The molecule has 2 N–H and O–H groups in total. The zero-order chi connectivity index (χ0) is 21.8. The number of nitrogens with one attached hydrogen (secondary N) is 2. The van der Waals surface area contributed by atoms with Crippen LogP contribution in [0.2, 0.25) is 0 Å². The van der Waals surface area contributed by atoms with Gasteiger partial charge in [0.25, 0.3) is 0 Å². The van der Waals surface area contributed by atoms with Gasteiger partial charge in [-0.05, 0) is 54.6 Å². The maximum absolute atomic E-state index is 12.2. The summed E-state index contributed by atoms with van der Waals surface area (Å²) in [6.07, 6.45) is 0. The van der Waals surface area contributed by atoms with Crippen LogP contribution in [0.4, 0.5) is 28.6 Å². The van der Waals surface area contributed by atoms with Crippen molar-refractivity contribution in [1.29, 1.82) is 0 Å². The number of aromatic nitrogens is 1. The third kappa shape index (κ3) is 4.18. The van der Waals surface area contributed by atoms with Gasteiger partial charge in [-0.3, -0.25) is 10.1 Å². The molecule has 8 heteroatoms. The van der Waals surface area contributed by atoms with Gasteiger partial charge in [0, 0.05) is 16.8 Å². The Morgan fingerprint density at radius 3 is 2.13 bits per heavy atom. The highest BCUT2D eigenvalue weighted by atomic mass is 16.6. The van der Waals surface area contributed by atoms with Crippen molar-refractivity contribution < 1.29 is 14.4 Å². The van der Waals surface area contributed by atoms with Crippen molar-refractivity contribution in [2.45, 2.75) is 0 Å². The number of para-hydroxylation sites is 1. The predicted molar refractivity (Wildman–Crippen MR) is 121 cm³/mol. The first kappa shape index (κ1) is 20.0. The number of hydrogen-bond acceptors (Lipinski definition) is 7. The molecule has 0 radical (unpaired) electrons. The zero-order valence-corrected chi connectivity index (χ0v) is 17.0. The summed E-state index contributed by atoms with van der Waals surface area (Å²) in [5.41, 5.74) is 2.11. The van der Waals surface area contributed by atoms with Crippen molar-refractivity contribution in [3.63, 3.8) is 0 Å². The summed E-state index contributed by atoms with van der Waals surface area (Å²) in [5, 5.41) is 19.0. The van der Waals surface area contributed by atoms with E-state index in [2.05, 4.69) is 15.6 Å². The number of ether oxygens (including phenoxy) is 2. The molecule has 0 bridgehead atoms. The van der Waals surface area contributed by atoms with Gasteiger partial charge in [-0.25, -0.2) is 4.98 Å². The van der Waals surface area contributed by atoms with Gasteiger partial charge < -0.3 is 20.1 Å². The lowest BCUT2D eigenvalue weighted by Crippen LogP contribution is -2.05. The number of anilines is 4. The molecule has 0 saturated heterocycles. The van der Waals surface area contributed by atoms with Crippen LogP contribution in [-0.2, 0) is 0 Å². The molecule has 1 heterocycles. The number of pyridine rings is 1. The average molecular weight is 416 g/mol. The first-order chi connectivity index (χ1) is 15.1. The molecular formula is C23H20N4O4. The van der Waals surface area contributed by atoms with E-state index < -0.39 is 4.92 Å². The van der Waals surface area contributed by atoms with E-state index in [-0.39, 0.29) is 11.5 Å². The first-order valence-electron chi connectivity index (χ1n) is 9.48. The summed E-state index contributed by atoms with van der Waals surface area (Å²) in [4.78, 5) is 16.2. The fourth-order valence-corrected chi connectivity index (χ4v) is 3.23. The fourth-order valence-electron chi connectivity index (χ4n) is 3.23. The SMILES string of the molecule is COc1ccc(Nc2nc3ccc(OC)cc3c(Nc3ccccc3)c2[N+](=O)[O-])cc1. The molecular weight excluding hydrogens is 396 g/mol. The quantitative estimate of drug-likeness (QED) is 0.297. The Morgan fingerprint density at radius 1 is 0.839 bits per heavy atom. The number of nitrogens with zero attached hydrogens (tertiary/aromatic N) is 2. The van der Waals surface area contributed by atoms with Crippen LogP contribution in [0.25, 0.3) is 10.9 Å². The van der Waals surface area contributed by atoms with Crippen LogP contribution in [0.1, 0.15) is 0 Å². The molecule has 0 aliphatic rings. The number of benzene rings is 3. The molecule has 0 spiro atoms. The van der Waals surface area contributed by atoms with Gasteiger partial charge in [-0.1, -0.05) is 18.2 Å². The van der Waals surface area contributed by atoms with E-state index in [9.17, 15) is 10.1 Å². The van der Waals surface area contributed by atoms with Crippen LogP contribution in [0.3, 0.4) is 0 Å². The summed E-state index contributed by atoms with van der Waals surface area (Å²) >= 11 is 0. The lowest BCUT2D eigenvalue weighted by atomic mass is 10.1. The standard InChI is InChI=1S/C23H20N4O4/c1-30-17-10-8-16(9-11-17)25-23-22(27(28)29)21(24-15-6-4-3-5-7-15)19-14-18(31-2)12-13-20(19)26-23/h3-14H,1-2H3,(H2,24,25,26). The lowest BCUT2D eigenvalue weighted by molar-refractivity contribution is -0.383. The molecule has 0 aliphatic carbocycles. The number of hydrogen-bond donors (Lipinski definition) is 2. The number of methoxy groups -OCH3 is 2. The largest absolute Gasteiger partial charge is 0.497 e. The number of rotatable bonds is 7. The van der Waals surface area contributed by atoms with E-state index in [0.717, 1.165) is 5.69 Å². The van der Waals surface area contributed by atoms with Crippen LogP contribution in [0.15, 0.2) is 72.8 Å². The molecule has 0 atom stereocenters. The highest BCUT2D eigenvalue weighted by Crippen LogP contribution is 2.41. The minimum atomic E-state index is -0.441. The maximum Gasteiger partial charge on any atom is 0.335 e. The Morgan fingerprint density at radius 2 is 1.48 bits per heavy atom. The van der Waals surface area contributed by atoms with Gasteiger partial charge in [0.05, 0.1) is 24.7 Å². The van der Waals surface area contributed by atoms with Crippen LogP contribution in [0, 0.1) is 10.1 Å². The Balaban J connectivity index is 1.90. The van der Waals surface area contributed by atoms with Gasteiger partial charge in [-0.15, -0.1) is 0 Å². The monoisotopic (exact) mass is 416 g/mol. The van der Waals surface area contributed by atoms with Crippen molar-refractivity contribution in [2.24, 2.45) is 0 Å². The number of nitro groups is 1. The van der Waals surface area contributed by atoms with Gasteiger partial charge >= 0.3 is 5.69 Å². The predicted octanol–water partition coefficient (Wildman–Crippen LogP) is 5.65. The normalized spacial score (nSPS) is 10.5. The molecule has 156 valence electrons. The van der Waals surface area contributed by atoms with Crippen molar-refractivity contribution in [1.82, 2.24) is 4.98 Å². The van der Waals surface area contributed by atoms with E-state index in [1.54, 1.807) is 56.7 Å². The number of fused-ring (bicyclic) bond motifs is 1. The van der Waals surface area contributed by atoms with Gasteiger partial charge in [0.15, 0.2) is 0 Å². The Labute approximate surface area is 178 Å². The van der Waals surface area contributed by atoms with Crippen LogP contribution < -0.4 is 20.1 Å². The van der Waals surface area contributed by atoms with E-state index in [0.29, 0.717) is 33.8 Å². The smallest absolute Gasteiger partial charge is 0.335 e. The van der Waals surface area contributed by atoms with Crippen LogP contribution in [0.5, 0.6) is 11.5 Å². The second-order valence-corrected chi connectivity index (χ2v) is 6.67. The van der Waals surface area contributed by atoms with Crippen LogP contribution >= 0.6 is 0 Å². The summed E-state index contributed by atoms with van der Waals surface area (Å²) in [6, 6.07) is 21.6. The second-order valence-electron chi connectivity index (χ2n) is 6.67. The van der Waals surface area contributed by atoms with E-state index in [1.807, 2.05) is 30.3 Å². The summed E-state index contributed by atoms with van der Waals surface area (Å²) in [5.74, 6) is 1.40. The van der Waals surface area contributed by atoms with E-state index in [4.69, 9.17) is 9.47 Å². The third-order valence-electron chi connectivity index (χ3n) is 4.74. The van der Waals surface area contributed by atoms with Crippen molar-refractivity contribution >= 4 is 39.5 Å². The van der Waals surface area contributed by atoms with E-state index >= 15 is 0 Å². The Hall–Kier alpha value is -4.33. The maximum atomic E-state index is 12.2. The van der Waals surface area contributed by atoms with Crippen LogP contribution in [-0.4, -0.2) is 24.1 Å². The minimum absolute atomic E-state index is 0.131. The lowest BCUT2D eigenvalue weighted by Gasteiger charge is -2.15. The topological polar surface area (TPSA) is 98.5 Å². The molecule has 0 saturated carbocycles. The molecule has 8 nitrogen and oxygen atoms in total. The van der Waals surface area contributed by atoms with Crippen molar-refractivity contribution in [3.8, 4) is 11.5 Å². The fraction of sp³-hybridized carbons (Fsp3) is 0.0870. The molecule has 0 unspecified atom stereocenters.